The summed E-state index contributed by atoms with van der Waals surface area (Å²) in [6, 6.07) is 11.2. The Balaban J connectivity index is 1.66. The molecule has 1 aromatic heterocycles. The van der Waals surface area contributed by atoms with Gasteiger partial charge in [0.15, 0.2) is 0 Å². The molecule has 2 aliphatic heterocycles. The molecule has 0 aliphatic carbocycles. The Morgan fingerprint density at radius 1 is 0.969 bits per heavy atom. The molecule has 4 rings (SSSR count). The molecular formula is C25H30N4O3. The number of hydrogen-bond acceptors (Lipinski definition) is 6. The summed E-state index contributed by atoms with van der Waals surface area (Å²) < 4.78 is 5.69. The number of likely N-dealkylation sites (N-methyl/N-ethyl adjacent to an activating group) is 1. The average molecular weight is 435 g/mol. The Bertz CT molecular complexity index is 980. The van der Waals surface area contributed by atoms with Gasteiger partial charge < -0.3 is 14.5 Å². The second-order valence-electron chi connectivity index (χ2n) is 8.08. The molecule has 168 valence electrons. The molecule has 2 aromatic rings. The van der Waals surface area contributed by atoms with Crippen molar-refractivity contribution >= 4 is 17.4 Å². The molecule has 0 unspecified atom stereocenters. The number of aromatic nitrogens is 1. The van der Waals surface area contributed by atoms with Crippen LogP contribution in [-0.4, -0.2) is 70.8 Å². The number of pyridine rings is 1. The normalized spacial score (nSPS) is 17.4. The molecule has 0 bridgehead atoms. The first-order valence-corrected chi connectivity index (χ1v) is 11.3. The number of amides is 2. The maximum absolute atomic E-state index is 13.5. The third-order valence-corrected chi connectivity index (χ3v) is 5.96. The average Bonchev–Trinajstić information content (AvgIpc) is 3.08. The Labute approximate surface area is 189 Å². The summed E-state index contributed by atoms with van der Waals surface area (Å²) >= 11 is 0. The predicted molar refractivity (Wildman–Crippen MR) is 123 cm³/mol. The summed E-state index contributed by atoms with van der Waals surface area (Å²) in [5, 5.41) is 0. The Morgan fingerprint density at radius 2 is 1.72 bits per heavy atom. The summed E-state index contributed by atoms with van der Waals surface area (Å²) in [7, 11) is 0. The molecule has 2 aliphatic rings. The second kappa shape index (κ2) is 9.96. The van der Waals surface area contributed by atoms with Gasteiger partial charge in [-0.15, -0.1) is 0 Å². The van der Waals surface area contributed by atoms with Crippen molar-refractivity contribution in [1.82, 2.24) is 19.7 Å². The SMILES string of the molecule is CCCOc1ccc(C2=C(N3CCN(CC)CC3)C(=O)N(Cc3cccnc3)C2=O)cc1. The molecule has 7 nitrogen and oxygen atoms in total. The van der Waals surface area contributed by atoms with Crippen LogP contribution in [0.4, 0.5) is 0 Å². The van der Waals surface area contributed by atoms with Crippen LogP contribution >= 0.6 is 0 Å². The molecule has 3 heterocycles. The lowest BCUT2D eigenvalue weighted by atomic mass is 10.0. The number of ether oxygens (including phenoxy) is 1. The number of imide groups is 1. The van der Waals surface area contributed by atoms with Gasteiger partial charge in [-0.05, 0) is 42.3 Å². The maximum atomic E-state index is 13.5. The lowest BCUT2D eigenvalue weighted by Crippen LogP contribution is -2.47. The van der Waals surface area contributed by atoms with E-state index < -0.39 is 0 Å². The number of hydrogen-bond donors (Lipinski definition) is 0. The fraction of sp³-hybridized carbons (Fsp3) is 0.400. The van der Waals surface area contributed by atoms with Crippen LogP contribution in [0, 0.1) is 0 Å². The summed E-state index contributed by atoms with van der Waals surface area (Å²) in [4.78, 5) is 36.9. The van der Waals surface area contributed by atoms with Crippen LogP contribution in [-0.2, 0) is 16.1 Å². The first kappa shape index (κ1) is 22.0. The van der Waals surface area contributed by atoms with Gasteiger partial charge in [-0.1, -0.05) is 32.0 Å². The minimum Gasteiger partial charge on any atom is -0.494 e. The number of benzene rings is 1. The molecule has 0 radical (unpaired) electrons. The van der Waals surface area contributed by atoms with Gasteiger partial charge >= 0.3 is 0 Å². The van der Waals surface area contributed by atoms with E-state index in [2.05, 4.69) is 28.6 Å². The molecule has 1 fully saturated rings. The zero-order chi connectivity index (χ0) is 22.5. The third-order valence-electron chi connectivity index (χ3n) is 5.96. The molecule has 7 heteroatoms. The van der Waals surface area contributed by atoms with Gasteiger partial charge in [-0.25, -0.2) is 0 Å². The highest BCUT2D eigenvalue weighted by molar-refractivity contribution is 6.35. The lowest BCUT2D eigenvalue weighted by molar-refractivity contribution is -0.138. The third kappa shape index (κ3) is 4.53. The molecule has 0 saturated carbocycles. The standard InChI is InChI=1S/C25H30N4O3/c1-3-16-32-21-9-7-20(8-10-21)22-23(28-14-12-27(4-2)13-15-28)25(31)29(24(22)30)18-19-6-5-11-26-17-19/h5-11,17H,3-4,12-16,18H2,1-2H3. The van der Waals surface area contributed by atoms with E-state index in [9.17, 15) is 9.59 Å². The number of carbonyl (C=O) groups excluding carboxylic acids is 2. The summed E-state index contributed by atoms with van der Waals surface area (Å²) in [6.45, 7) is 9.25. The van der Waals surface area contributed by atoms with Crippen molar-refractivity contribution in [3.05, 3.63) is 65.6 Å². The molecule has 32 heavy (non-hydrogen) atoms. The minimum atomic E-state index is -0.256. The first-order chi connectivity index (χ1) is 15.6. The van der Waals surface area contributed by atoms with Crippen molar-refractivity contribution in [3.63, 3.8) is 0 Å². The molecule has 0 N–H and O–H groups in total. The smallest absolute Gasteiger partial charge is 0.278 e. The van der Waals surface area contributed by atoms with Crippen molar-refractivity contribution in [2.24, 2.45) is 0 Å². The number of piperazine rings is 1. The molecular weight excluding hydrogens is 404 g/mol. The van der Waals surface area contributed by atoms with Gasteiger partial charge in [0.2, 0.25) is 0 Å². The van der Waals surface area contributed by atoms with Gasteiger partial charge in [0.25, 0.3) is 11.8 Å². The van der Waals surface area contributed by atoms with Crippen LogP contribution in [0.3, 0.4) is 0 Å². The molecule has 1 aromatic carbocycles. The second-order valence-corrected chi connectivity index (χ2v) is 8.08. The molecule has 0 spiro atoms. The highest BCUT2D eigenvalue weighted by Crippen LogP contribution is 2.33. The van der Waals surface area contributed by atoms with Crippen LogP contribution in [0.1, 0.15) is 31.4 Å². The van der Waals surface area contributed by atoms with Crippen molar-refractivity contribution in [1.29, 1.82) is 0 Å². The Hall–Kier alpha value is -3.19. The Kier molecular flexibility index (Phi) is 6.85. The van der Waals surface area contributed by atoms with Gasteiger partial charge in [0.1, 0.15) is 11.4 Å². The monoisotopic (exact) mass is 434 g/mol. The quantitative estimate of drug-likeness (QED) is 0.596. The van der Waals surface area contributed by atoms with E-state index in [0.717, 1.165) is 56.0 Å². The van der Waals surface area contributed by atoms with Crippen LogP contribution in [0.5, 0.6) is 5.75 Å². The van der Waals surface area contributed by atoms with E-state index in [4.69, 9.17) is 4.74 Å². The first-order valence-electron chi connectivity index (χ1n) is 11.3. The summed E-state index contributed by atoms with van der Waals surface area (Å²) in [5.41, 5.74) is 2.56. The predicted octanol–water partition coefficient (Wildman–Crippen LogP) is 2.79. The van der Waals surface area contributed by atoms with E-state index in [-0.39, 0.29) is 18.4 Å². The number of carbonyl (C=O) groups is 2. The van der Waals surface area contributed by atoms with E-state index in [0.29, 0.717) is 17.9 Å². The van der Waals surface area contributed by atoms with Crippen LogP contribution in [0.25, 0.3) is 5.57 Å². The van der Waals surface area contributed by atoms with Gasteiger partial charge in [0, 0.05) is 38.6 Å². The van der Waals surface area contributed by atoms with Crippen molar-refractivity contribution < 1.29 is 14.3 Å². The number of nitrogens with zero attached hydrogens (tertiary/aromatic N) is 4. The fourth-order valence-corrected chi connectivity index (χ4v) is 4.16. The lowest BCUT2D eigenvalue weighted by Gasteiger charge is -2.36. The van der Waals surface area contributed by atoms with Crippen molar-refractivity contribution in [3.8, 4) is 5.75 Å². The zero-order valence-electron chi connectivity index (χ0n) is 18.8. The Morgan fingerprint density at radius 3 is 2.34 bits per heavy atom. The number of rotatable bonds is 8. The fourth-order valence-electron chi connectivity index (χ4n) is 4.16. The van der Waals surface area contributed by atoms with E-state index in [1.54, 1.807) is 12.4 Å². The van der Waals surface area contributed by atoms with E-state index in [1.165, 1.54) is 4.90 Å². The van der Waals surface area contributed by atoms with Crippen molar-refractivity contribution in [2.45, 2.75) is 26.8 Å². The highest BCUT2D eigenvalue weighted by Gasteiger charge is 2.42. The highest BCUT2D eigenvalue weighted by atomic mass is 16.5. The van der Waals surface area contributed by atoms with Gasteiger partial charge in [-0.3, -0.25) is 19.5 Å². The van der Waals surface area contributed by atoms with Crippen LogP contribution in [0.15, 0.2) is 54.5 Å². The van der Waals surface area contributed by atoms with Gasteiger partial charge in [-0.2, -0.15) is 0 Å². The van der Waals surface area contributed by atoms with E-state index in [1.807, 2.05) is 36.4 Å². The summed E-state index contributed by atoms with van der Waals surface area (Å²) in [5.74, 6) is 0.275. The molecule has 1 saturated heterocycles. The topological polar surface area (TPSA) is 66.0 Å². The molecule has 2 amide bonds. The minimum absolute atomic E-state index is 0.213. The molecule has 0 atom stereocenters. The maximum Gasteiger partial charge on any atom is 0.278 e. The van der Waals surface area contributed by atoms with E-state index >= 15 is 0 Å². The summed E-state index contributed by atoms with van der Waals surface area (Å²) in [6.07, 6.45) is 4.30. The van der Waals surface area contributed by atoms with Crippen molar-refractivity contribution in [2.75, 3.05) is 39.3 Å². The van der Waals surface area contributed by atoms with Crippen LogP contribution in [0.2, 0.25) is 0 Å². The van der Waals surface area contributed by atoms with Crippen LogP contribution < -0.4 is 4.74 Å². The largest absolute Gasteiger partial charge is 0.494 e. The van der Waals surface area contributed by atoms with Gasteiger partial charge in [0.05, 0.1) is 18.7 Å². The zero-order valence-corrected chi connectivity index (χ0v) is 18.8.